The molecule has 0 saturated carbocycles. The normalized spacial score (nSPS) is 14.4. The van der Waals surface area contributed by atoms with E-state index < -0.39 is 6.10 Å². The molecule has 1 aromatic carbocycles. The second-order valence-corrected chi connectivity index (χ2v) is 4.20. The zero-order valence-corrected chi connectivity index (χ0v) is 10.7. The number of halogens is 3. The Morgan fingerprint density at radius 1 is 1.50 bits per heavy atom. The number of aliphatic hydroxyl groups excluding tert-OH is 1. The van der Waals surface area contributed by atoms with Crippen molar-refractivity contribution < 1.29 is 5.11 Å². The first-order valence-corrected chi connectivity index (χ1v) is 5.08. The van der Waals surface area contributed by atoms with Crippen LogP contribution in [0.2, 0.25) is 5.02 Å². The van der Waals surface area contributed by atoms with Crippen molar-refractivity contribution in [2.75, 3.05) is 0 Å². The second kappa shape index (κ2) is 5.93. The predicted molar refractivity (Wildman–Crippen MR) is 65.0 cm³/mol. The largest absolute Gasteiger partial charge is 0.391 e. The van der Waals surface area contributed by atoms with Crippen LogP contribution in [0.1, 0.15) is 18.5 Å². The van der Waals surface area contributed by atoms with Crippen molar-refractivity contribution in [2.24, 2.45) is 5.73 Å². The topological polar surface area (TPSA) is 46.2 Å². The molecule has 0 aliphatic rings. The summed E-state index contributed by atoms with van der Waals surface area (Å²) in [5.74, 6) is 0. The Labute approximate surface area is 103 Å². The van der Waals surface area contributed by atoms with Crippen molar-refractivity contribution in [2.45, 2.75) is 19.1 Å². The first-order valence-electron chi connectivity index (χ1n) is 3.91. The molecule has 2 nitrogen and oxygen atoms in total. The molecule has 1 aromatic rings. The first-order chi connectivity index (χ1) is 6.02. The van der Waals surface area contributed by atoms with Gasteiger partial charge in [0.1, 0.15) is 0 Å². The molecule has 0 unspecified atom stereocenters. The molecule has 0 aromatic heterocycles. The Bertz CT molecular complexity index is 307. The van der Waals surface area contributed by atoms with Crippen molar-refractivity contribution in [3.05, 3.63) is 33.3 Å². The maximum atomic E-state index is 9.26. The van der Waals surface area contributed by atoms with Gasteiger partial charge in [0, 0.05) is 4.47 Å². The molecule has 0 saturated heterocycles. The van der Waals surface area contributed by atoms with Crippen molar-refractivity contribution in [3.8, 4) is 0 Å². The molecular weight excluding hydrogens is 289 g/mol. The third kappa shape index (κ3) is 3.41. The van der Waals surface area contributed by atoms with E-state index in [0.29, 0.717) is 5.02 Å². The summed E-state index contributed by atoms with van der Waals surface area (Å²) in [5.41, 5.74) is 6.61. The molecule has 0 radical (unpaired) electrons. The van der Waals surface area contributed by atoms with Gasteiger partial charge < -0.3 is 10.8 Å². The van der Waals surface area contributed by atoms with Gasteiger partial charge in [0.05, 0.1) is 17.2 Å². The minimum atomic E-state index is -0.562. The van der Waals surface area contributed by atoms with E-state index in [2.05, 4.69) is 15.9 Å². The molecule has 14 heavy (non-hydrogen) atoms. The molecule has 0 aliphatic heterocycles. The average molecular weight is 301 g/mol. The summed E-state index contributed by atoms with van der Waals surface area (Å²) in [4.78, 5) is 0. The number of rotatable bonds is 2. The highest BCUT2D eigenvalue weighted by Gasteiger charge is 2.12. The standard InChI is InChI=1S/C9H11BrClNO.ClH/c1-5(13)9(12)6-2-3-8(11)7(10)4-6;/h2-5,9,13H,12H2,1H3;1H/t5-,9-;/m1./s1. The minimum absolute atomic E-state index is 0. The predicted octanol–water partition coefficient (Wildman–Crippen LogP) is 2.90. The van der Waals surface area contributed by atoms with E-state index in [1.807, 2.05) is 12.1 Å². The van der Waals surface area contributed by atoms with Crippen molar-refractivity contribution in [1.82, 2.24) is 0 Å². The Morgan fingerprint density at radius 2 is 2.07 bits per heavy atom. The molecule has 0 aliphatic carbocycles. The SMILES string of the molecule is C[C@@H](O)[C@@H](N)c1ccc(Cl)c(Br)c1.Cl. The number of aliphatic hydroxyl groups is 1. The van der Waals surface area contributed by atoms with Crippen LogP contribution in [0.5, 0.6) is 0 Å². The summed E-state index contributed by atoms with van der Waals surface area (Å²) >= 11 is 9.11. The quantitative estimate of drug-likeness (QED) is 0.882. The zero-order valence-electron chi connectivity index (χ0n) is 7.58. The highest BCUT2D eigenvalue weighted by molar-refractivity contribution is 9.10. The van der Waals surface area contributed by atoms with Crippen LogP contribution in [0.3, 0.4) is 0 Å². The third-order valence-electron chi connectivity index (χ3n) is 1.85. The van der Waals surface area contributed by atoms with E-state index in [1.54, 1.807) is 13.0 Å². The minimum Gasteiger partial charge on any atom is -0.391 e. The van der Waals surface area contributed by atoms with Crippen LogP contribution in [-0.2, 0) is 0 Å². The maximum Gasteiger partial charge on any atom is 0.0704 e. The molecule has 80 valence electrons. The van der Waals surface area contributed by atoms with Crippen LogP contribution in [-0.4, -0.2) is 11.2 Å². The maximum absolute atomic E-state index is 9.26. The summed E-state index contributed by atoms with van der Waals surface area (Å²) in [6.45, 7) is 1.66. The summed E-state index contributed by atoms with van der Waals surface area (Å²) in [7, 11) is 0. The van der Waals surface area contributed by atoms with E-state index in [-0.39, 0.29) is 18.4 Å². The number of hydrogen-bond donors (Lipinski definition) is 2. The zero-order chi connectivity index (χ0) is 10.0. The second-order valence-electron chi connectivity index (χ2n) is 2.94. The lowest BCUT2D eigenvalue weighted by Gasteiger charge is -2.15. The van der Waals surface area contributed by atoms with E-state index in [1.165, 1.54) is 0 Å². The summed E-state index contributed by atoms with van der Waals surface area (Å²) in [6.07, 6.45) is -0.562. The molecule has 3 N–H and O–H groups in total. The van der Waals surface area contributed by atoms with Crippen LogP contribution in [0.4, 0.5) is 0 Å². The molecule has 0 bridgehead atoms. The van der Waals surface area contributed by atoms with Gasteiger partial charge in [-0.15, -0.1) is 12.4 Å². The lowest BCUT2D eigenvalue weighted by atomic mass is 10.0. The Hall–Kier alpha value is 0.200. The lowest BCUT2D eigenvalue weighted by molar-refractivity contribution is 0.164. The fourth-order valence-electron chi connectivity index (χ4n) is 0.998. The van der Waals surface area contributed by atoms with Crippen LogP contribution < -0.4 is 5.73 Å². The number of hydrogen-bond acceptors (Lipinski definition) is 2. The van der Waals surface area contributed by atoms with Gasteiger partial charge in [-0.2, -0.15) is 0 Å². The van der Waals surface area contributed by atoms with Crippen LogP contribution in [0.25, 0.3) is 0 Å². The van der Waals surface area contributed by atoms with E-state index in [0.717, 1.165) is 10.0 Å². The van der Waals surface area contributed by atoms with Gasteiger partial charge in [0.15, 0.2) is 0 Å². The Kier molecular flexibility index (Phi) is 6.02. The van der Waals surface area contributed by atoms with Gasteiger partial charge in [-0.25, -0.2) is 0 Å². The van der Waals surface area contributed by atoms with Gasteiger partial charge in [-0.1, -0.05) is 17.7 Å². The molecule has 0 amide bonds. The van der Waals surface area contributed by atoms with E-state index in [9.17, 15) is 5.11 Å². The molecule has 5 heteroatoms. The van der Waals surface area contributed by atoms with Gasteiger partial charge >= 0.3 is 0 Å². The van der Waals surface area contributed by atoms with Crippen molar-refractivity contribution in [1.29, 1.82) is 0 Å². The molecular formula is C9H12BrCl2NO. The molecule has 0 spiro atoms. The lowest BCUT2D eigenvalue weighted by Crippen LogP contribution is -2.23. The molecule has 1 rings (SSSR count). The third-order valence-corrected chi connectivity index (χ3v) is 3.06. The number of nitrogens with two attached hydrogens (primary N) is 1. The van der Waals surface area contributed by atoms with Gasteiger partial charge in [0.2, 0.25) is 0 Å². The highest BCUT2D eigenvalue weighted by atomic mass is 79.9. The fourth-order valence-corrected chi connectivity index (χ4v) is 1.51. The molecule has 0 heterocycles. The molecule has 2 atom stereocenters. The van der Waals surface area contributed by atoms with Crippen molar-refractivity contribution >= 4 is 39.9 Å². The summed E-state index contributed by atoms with van der Waals surface area (Å²) in [6, 6.07) is 5.02. The van der Waals surface area contributed by atoms with Crippen LogP contribution in [0.15, 0.2) is 22.7 Å². The Morgan fingerprint density at radius 3 is 2.50 bits per heavy atom. The summed E-state index contributed by atoms with van der Waals surface area (Å²) in [5, 5.41) is 9.90. The monoisotopic (exact) mass is 299 g/mol. The van der Waals surface area contributed by atoms with Gasteiger partial charge in [-0.3, -0.25) is 0 Å². The van der Waals surface area contributed by atoms with Gasteiger partial charge in [0.25, 0.3) is 0 Å². The first kappa shape index (κ1) is 14.2. The van der Waals surface area contributed by atoms with Gasteiger partial charge in [-0.05, 0) is 40.5 Å². The average Bonchev–Trinajstić information content (AvgIpc) is 2.08. The molecule has 0 fully saturated rings. The van der Waals surface area contributed by atoms with Crippen molar-refractivity contribution in [3.63, 3.8) is 0 Å². The van der Waals surface area contributed by atoms with Crippen LogP contribution in [0, 0.1) is 0 Å². The smallest absolute Gasteiger partial charge is 0.0704 e. The highest BCUT2D eigenvalue weighted by Crippen LogP contribution is 2.26. The summed E-state index contributed by atoms with van der Waals surface area (Å²) < 4.78 is 0.794. The number of benzene rings is 1. The van der Waals surface area contributed by atoms with Crippen LogP contribution >= 0.6 is 39.9 Å². The van der Waals surface area contributed by atoms with E-state index >= 15 is 0 Å². The van der Waals surface area contributed by atoms with E-state index in [4.69, 9.17) is 17.3 Å². The Balaban J connectivity index is 0.00000169. The fraction of sp³-hybridized carbons (Fsp3) is 0.333.